The van der Waals surface area contributed by atoms with E-state index in [-0.39, 0.29) is 6.04 Å². The molecule has 2 N–H and O–H groups in total. The lowest BCUT2D eigenvalue weighted by molar-refractivity contribution is 0.370. The number of aryl methyl sites for hydroxylation is 2. The summed E-state index contributed by atoms with van der Waals surface area (Å²) in [5, 5.41) is 8.07. The third-order valence-corrected chi connectivity index (χ3v) is 2.56. The molecule has 0 spiro atoms. The summed E-state index contributed by atoms with van der Waals surface area (Å²) in [7, 11) is 0. The summed E-state index contributed by atoms with van der Waals surface area (Å²) in [6.45, 7) is 4.91. The molecule has 0 aromatic carbocycles. The molecule has 0 aliphatic heterocycles. The van der Waals surface area contributed by atoms with E-state index in [0.717, 1.165) is 24.9 Å². The maximum atomic E-state index is 6.06. The first kappa shape index (κ1) is 11.8. The molecule has 1 atom stereocenters. The minimum absolute atomic E-state index is 0.371. The zero-order chi connectivity index (χ0) is 12.3. The lowest BCUT2D eigenvalue weighted by Crippen LogP contribution is -2.13. The Bertz CT molecular complexity index is 476. The predicted molar refractivity (Wildman–Crippen MR) is 62.2 cm³/mol. The molecule has 1 unspecified atom stereocenters. The van der Waals surface area contributed by atoms with E-state index in [9.17, 15) is 0 Å². The number of nitrogens with zero attached hydrogens (tertiary/aromatic N) is 4. The van der Waals surface area contributed by atoms with Gasteiger partial charge in [-0.1, -0.05) is 12.1 Å². The van der Waals surface area contributed by atoms with Crippen LogP contribution in [0.5, 0.6) is 0 Å². The van der Waals surface area contributed by atoms with Gasteiger partial charge in [0.2, 0.25) is 5.89 Å². The monoisotopic (exact) mass is 235 g/mol. The van der Waals surface area contributed by atoms with Gasteiger partial charge in [-0.3, -0.25) is 4.68 Å². The van der Waals surface area contributed by atoms with Crippen LogP contribution in [0.1, 0.15) is 43.6 Å². The molecule has 0 amide bonds. The van der Waals surface area contributed by atoms with Crippen molar-refractivity contribution in [2.45, 2.75) is 39.3 Å². The van der Waals surface area contributed by atoms with E-state index in [4.69, 9.17) is 10.3 Å². The van der Waals surface area contributed by atoms with Gasteiger partial charge in [0.15, 0.2) is 5.82 Å². The molecule has 2 heterocycles. The molecule has 0 saturated carbocycles. The van der Waals surface area contributed by atoms with Gasteiger partial charge in [-0.15, -0.1) is 0 Å². The molecule has 6 nitrogen and oxygen atoms in total. The van der Waals surface area contributed by atoms with Gasteiger partial charge in [0, 0.05) is 24.7 Å². The van der Waals surface area contributed by atoms with Crippen LogP contribution in [0.15, 0.2) is 16.9 Å². The Kier molecular flexibility index (Phi) is 3.53. The van der Waals surface area contributed by atoms with Gasteiger partial charge in [-0.05, 0) is 13.3 Å². The fourth-order valence-corrected chi connectivity index (χ4v) is 1.57. The third kappa shape index (κ3) is 2.52. The van der Waals surface area contributed by atoms with Crippen LogP contribution in [0.2, 0.25) is 0 Å². The molecule has 2 rings (SSSR count). The fraction of sp³-hybridized carbons (Fsp3) is 0.545. The molecule has 17 heavy (non-hydrogen) atoms. The number of hydrogen-bond acceptors (Lipinski definition) is 5. The number of hydrogen-bond donors (Lipinski definition) is 1. The highest BCUT2D eigenvalue weighted by Crippen LogP contribution is 2.16. The predicted octanol–water partition coefficient (Wildman–Crippen LogP) is 1.29. The van der Waals surface area contributed by atoms with Crippen molar-refractivity contribution in [1.82, 2.24) is 19.9 Å². The largest absolute Gasteiger partial charge is 0.339 e. The highest BCUT2D eigenvalue weighted by atomic mass is 16.5. The van der Waals surface area contributed by atoms with Crippen molar-refractivity contribution in [3.8, 4) is 0 Å². The van der Waals surface area contributed by atoms with Gasteiger partial charge in [0.1, 0.15) is 0 Å². The Morgan fingerprint density at radius 2 is 2.29 bits per heavy atom. The smallest absolute Gasteiger partial charge is 0.226 e. The van der Waals surface area contributed by atoms with Crippen molar-refractivity contribution < 1.29 is 4.52 Å². The van der Waals surface area contributed by atoms with Crippen LogP contribution in [0.25, 0.3) is 0 Å². The molecule has 0 aliphatic rings. The molecule has 0 fully saturated rings. The first-order chi connectivity index (χ1) is 8.24. The highest BCUT2D eigenvalue weighted by Gasteiger charge is 2.17. The van der Waals surface area contributed by atoms with E-state index >= 15 is 0 Å². The molecule has 2 aromatic heterocycles. The quantitative estimate of drug-likeness (QED) is 0.844. The van der Waals surface area contributed by atoms with Gasteiger partial charge in [-0.25, -0.2) is 0 Å². The molecule has 0 bridgehead atoms. The molecule has 0 radical (unpaired) electrons. The third-order valence-electron chi connectivity index (χ3n) is 2.56. The van der Waals surface area contributed by atoms with E-state index in [0.29, 0.717) is 11.7 Å². The molecule has 0 saturated heterocycles. The lowest BCUT2D eigenvalue weighted by Gasteiger charge is -2.02. The van der Waals surface area contributed by atoms with E-state index in [1.807, 2.05) is 17.8 Å². The first-order valence-corrected chi connectivity index (χ1v) is 5.85. The van der Waals surface area contributed by atoms with Crippen molar-refractivity contribution in [2.75, 3.05) is 0 Å². The summed E-state index contributed by atoms with van der Waals surface area (Å²) in [6.07, 6.45) is 5.41. The van der Waals surface area contributed by atoms with Gasteiger partial charge in [-0.2, -0.15) is 10.1 Å². The normalized spacial score (nSPS) is 12.9. The average Bonchev–Trinajstić information content (AvgIpc) is 2.97. The van der Waals surface area contributed by atoms with Crippen LogP contribution < -0.4 is 5.73 Å². The van der Waals surface area contributed by atoms with Crippen molar-refractivity contribution in [3.05, 3.63) is 29.7 Å². The second-order valence-electron chi connectivity index (χ2n) is 3.90. The zero-order valence-electron chi connectivity index (χ0n) is 10.1. The molecule has 2 aromatic rings. The van der Waals surface area contributed by atoms with Crippen molar-refractivity contribution in [1.29, 1.82) is 0 Å². The first-order valence-electron chi connectivity index (χ1n) is 5.85. The Labute approximate surface area is 99.8 Å². The Morgan fingerprint density at radius 3 is 2.94 bits per heavy atom. The van der Waals surface area contributed by atoms with E-state index < -0.39 is 0 Å². The number of aromatic nitrogens is 4. The van der Waals surface area contributed by atoms with Crippen LogP contribution in [-0.4, -0.2) is 19.9 Å². The molecular weight excluding hydrogens is 218 g/mol. The van der Waals surface area contributed by atoms with Crippen LogP contribution in [0.3, 0.4) is 0 Å². The second kappa shape index (κ2) is 5.09. The summed E-state index contributed by atoms with van der Waals surface area (Å²) >= 11 is 0. The Balaban J connectivity index is 2.14. The fourth-order valence-electron chi connectivity index (χ4n) is 1.57. The number of nitrogens with two attached hydrogens (primary N) is 1. The minimum Gasteiger partial charge on any atom is -0.339 e. The van der Waals surface area contributed by atoms with Crippen molar-refractivity contribution in [2.24, 2.45) is 5.73 Å². The summed E-state index contributed by atoms with van der Waals surface area (Å²) < 4.78 is 6.93. The summed E-state index contributed by atoms with van der Waals surface area (Å²) in [5.41, 5.74) is 6.95. The SMILES string of the molecule is CCCc1nc(C(N)c2cnn(CC)c2)no1. The standard InChI is InChI=1S/C11H17N5O/c1-3-5-9-14-11(15-17-9)10(12)8-6-13-16(4-2)7-8/h6-7,10H,3-5,12H2,1-2H3. The molecule has 92 valence electrons. The number of rotatable bonds is 5. The molecule has 6 heteroatoms. The Morgan fingerprint density at radius 1 is 1.47 bits per heavy atom. The maximum absolute atomic E-state index is 6.06. The highest BCUT2D eigenvalue weighted by molar-refractivity contribution is 5.17. The summed E-state index contributed by atoms with van der Waals surface area (Å²) in [6, 6.07) is -0.371. The lowest BCUT2D eigenvalue weighted by atomic mass is 10.2. The van der Waals surface area contributed by atoms with E-state index in [2.05, 4.69) is 22.2 Å². The topological polar surface area (TPSA) is 82.8 Å². The second-order valence-corrected chi connectivity index (χ2v) is 3.90. The minimum atomic E-state index is -0.371. The average molecular weight is 235 g/mol. The van der Waals surface area contributed by atoms with Gasteiger partial charge >= 0.3 is 0 Å². The van der Waals surface area contributed by atoms with Crippen LogP contribution in [0, 0.1) is 0 Å². The maximum Gasteiger partial charge on any atom is 0.226 e. The van der Waals surface area contributed by atoms with Gasteiger partial charge in [0.05, 0.1) is 12.2 Å². The van der Waals surface area contributed by atoms with Gasteiger partial charge < -0.3 is 10.3 Å². The van der Waals surface area contributed by atoms with Crippen molar-refractivity contribution >= 4 is 0 Å². The molecular formula is C11H17N5O. The Hall–Kier alpha value is -1.69. The van der Waals surface area contributed by atoms with E-state index in [1.54, 1.807) is 6.20 Å². The van der Waals surface area contributed by atoms with Crippen LogP contribution in [0.4, 0.5) is 0 Å². The van der Waals surface area contributed by atoms with Gasteiger partial charge in [0.25, 0.3) is 0 Å². The zero-order valence-corrected chi connectivity index (χ0v) is 10.1. The summed E-state index contributed by atoms with van der Waals surface area (Å²) in [4.78, 5) is 4.27. The van der Waals surface area contributed by atoms with E-state index in [1.165, 1.54) is 0 Å². The van der Waals surface area contributed by atoms with Crippen LogP contribution in [-0.2, 0) is 13.0 Å². The van der Waals surface area contributed by atoms with Crippen LogP contribution >= 0.6 is 0 Å². The molecule has 0 aliphatic carbocycles. The van der Waals surface area contributed by atoms with Crippen molar-refractivity contribution in [3.63, 3.8) is 0 Å². The summed E-state index contributed by atoms with van der Waals surface area (Å²) in [5.74, 6) is 1.16.